The molecule has 0 aliphatic carbocycles. The predicted molar refractivity (Wildman–Crippen MR) is 118 cm³/mol. The molecule has 0 unspecified atom stereocenters. The smallest absolute Gasteiger partial charge is 0.414 e. The number of benzene rings is 3. The number of rotatable bonds is 7. The van der Waals surface area contributed by atoms with E-state index in [1.54, 1.807) is 30.3 Å². The molecule has 0 spiro atoms. The number of nitrogens with two attached hydrogens (primary N) is 1. The van der Waals surface area contributed by atoms with Gasteiger partial charge in [-0.05, 0) is 35.4 Å². The first-order chi connectivity index (χ1) is 15.6. The molecule has 13 heteroatoms. The van der Waals surface area contributed by atoms with E-state index >= 15 is 0 Å². The summed E-state index contributed by atoms with van der Waals surface area (Å²) in [5, 5.41) is 11.2. The summed E-state index contributed by atoms with van der Waals surface area (Å²) in [7, 11) is -9.97. The number of nitrogen functional groups attached to an aromatic ring is 1. The van der Waals surface area contributed by atoms with Gasteiger partial charge in [-0.25, -0.2) is 4.79 Å². The highest BCUT2D eigenvalue weighted by atomic mass is 32.5. The largest absolute Gasteiger partial charge is 0.444 e. The molecular weight excluding hydrogens is 485 g/mol. The minimum Gasteiger partial charge on any atom is -0.444 e. The van der Waals surface area contributed by atoms with Crippen molar-refractivity contribution < 1.29 is 33.9 Å². The second-order valence-electron chi connectivity index (χ2n) is 7.24. The summed E-state index contributed by atoms with van der Waals surface area (Å²) < 4.78 is 71.4. The van der Waals surface area contributed by atoms with Crippen LogP contribution in [-0.2, 0) is 17.9 Å². The molecule has 0 saturated heterocycles. The van der Waals surface area contributed by atoms with Crippen LogP contribution in [0.1, 0.15) is 11.1 Å². The maximum Gasteiger partial charge on any atom is 0.414 e. The normalized spacial score (nSPS) is 13.4. The van der Waals surface area contributed by atoms with Crippen LogP contribution in [0.15, 0.2) is 77.7 Å². The number of anilines is 2. The molecule has 0 heterocycles. The lowest BCUT2D eigenvalue weighted by molar-refractivity contribution is -0.383. The van der Waals surface area contributed by atoms with Crippen molar-refractivity contribution >= 4 is 33.4 Å². The molecule has 0 saturated carbocycles. The van der Waals surface area contributed by atoms with Crippen molar-refractivity contribution in [2.24, 2.45) is 0 Å². The Morgan fingerprint density at radius 3 is 2.21 bits per heavy atom. The predicted octanol–water partition coefficient (Wildman–Crippen LogP) is 7.18. The first kappa shape index (κ1) is 24.8. The molecule has 0 radical (unpaired) electrons. The summed E-state index contributed by atoms with van der Waals surface area (Å²) in [4.78, 5) is 21.9. The Hall–Kier alpha value is -3.87. The van der Waals surface area contributed by atoms with E-state index in [-0.39, 0.29) is 35.7 Å². The van der Waals surface area contributed by atoms with Crippen molar-refractivity contribution in [3.05, 3.63) is 94.0 Å². The lowest BCUT2D eigenvalue weighted by Gasteiger charge is -2.40. The molecule has 3 aromatic rings. The van der Waals surface area contributed by atoms with Gasteiger partial charge < -0.3 is 10.5 Å². The van der Waals surface area contributed by atoms with Crippen molar-refractivity contribution in [1.82, 2.24) is 0 Å². The van der Waals surface area contributed by atoms with Crippen LogP contribution in [0.2, 0.25) is 0 Å². The van der Waals surface area contributed by atoms with Gasteiger partial charge >= 0.3 is 16.3 Å². The van der Waals surface area contributed by atoms with Crippen LogP contribution < -0.4 is 10.6 Å². The molecule has 0 aromatic heterocycles. The van der Waals surface area contributed by atoms with E-state index in [1.807, 2.05) is 0 Å². The van der Waals surface area contributed by atoms with E-state index in [4.69, 9.17) is 10.5 Å². The SMILES string of the molecule is Nc1ccc(N(Cc2cccc(S(F)(F)(F)(F)F)c2)C(=O)OCc2ccccc2)cc1[N+](=O)[O-]. The quantitative estimate of drug-likeness (QED) is 0.159. The summed E-state index contributed by atoms with van der Waals surface area (Å²) in [5.41, 5.74) is 4.97. The maximum atomic E-state index is 13.2. The molecule has 0 aliphatic rings. The first-order valence-electron chi connectivity index (χ1n) is 9.49. The number of carbonyl (C=O) groups excluding carboxylic acids is 1. The number of hydrogen-bond donors (Lipinski definition) is 1. The number of carbonyl (C=O) groups is 1. The number of ether oxygens (including phenoxy) is 1. The van der Waals surface area contributed by atoms with E-state index in [0.717, 1.165) is 29.2 Å². The zero-order valence-electron chi connectivity index (χ0n) is 17.2. The third kappa shape index (κ3) is 6.13. The van der Waals surface area contributed by atoms with Crippen LogP contribution in [0.3, 0.4) is 0 Å². The fourth-order valence-corrected chi connectivity index (χ4v) is 3.69. The Labute approximate surface area is 190 Å². The molecule has 0 fully saturated rings. The topological polar surface area (TPSA) is 98.7 Å². The van der Waals surface area contributed by atoms with E-state index < -0.39 is 38.4 Å². The zero-order valence-corrected chi connectivity index (χ0v) is 18.1. The summed E-state index contributed by atoms with van der Waals surface area (Å²) in [6.45, 7) is -0.852. The Bertz CT molecular complexity index is 1240. The number of hydrogen-bond acceptors (Lipinski definition) is 5. The van der Waals surface area contributed by atoms with Gasteiger partial charge in [0, 0.05) is 6.07 Å². The second kappa shape index (κ2) is 8.17. The van der Waals surface area contributed by atoms with Crippen LogP contribution in [-0.4, -0.2) is 11.0 Å². The van der Waals surface area contributed by atoms with Crippen LogP contribution in [0, 0.1) is 10.1 Å². The maximum absolute atomic E-state index is 13.2. The van der Waals surface area contributed by atoms with Crippen molar-refractivity contribution in [3.63, 3.8) is 0 Å². The van der Waals surface area contributed by atoms with Crippen molar-refractivity contribution in [2.45, 2.75) is 18.0 Å². The molecule has 0 bridgehead atoms. The van der Waals surface area contributed by atoms with E-state index in [2.05, 4.69) is 0 Å². The standard InChI is InChI=1S/C21H18F5N3O4S/c22-34(23,24,25,26)18-8-4-7-16(11-18)13-28(17-9-10-19(27)20(12-17)29(31)32)21(30)33-14-15-5-2-1-3-6-15/h1-12H,13-14,27H2. The van der Waals surface area contributed by atoms with E-state index in [0.29, 0.717) is 5.56 Å². The fourth-order valence-electron chi connectivity index (χ4n) is 2.98. The van der Waals surface area contributed by atoms with Crippen molar-refractivity contribution in [2.75, 3.05) is 10.6 Å². The third-order valence-electron chi connectivity index (χ3n) is 4.63. The van der Waals surface area contributed by atoms with Crippen LogP contribution in [0.4, 0.5) is 41.3 Å². The van der Waals surface area contributed by atoms with Gasteiger partial charge in [-0.2, -0.15) is 0 Å². The van der Waals surface area contributed by atoms with E-state index in [9.17, 15) is 34.3 Å². The molecule has 34 heavy (non-hydrogen) atoms. The molecule has 0 aliphatic heterocycles. The number of amides is 1. The number of nitro benzene ring substituents is 1. The number of nitrogens with zero attached hydrogens (tertiary/aromatic N) is 2. The number of halogens is 5. The Balaban J connectivity index is 1.98. The third-order valence-corrected chi connectivity index (χ3v) is 5.78. The highest BCUT2D eigenvalue weighted by Crippen LogP contribution is 3.02. The monoisotopic (exact) mass is 503 g/mol. The average molecular weight is 503 g/mol. The average Bonchev–Trinajstić information content (AvgIpc) is 2.75. The molecule has 0 atom stereocenters. The molecule has 3 rings (SSSR count). The molecule has 7 nitrogen and oxygen atoms in total. The van der Waals surface area contributed by atoms with Crippen LogP contribution in [0.25, 0.3) is 0 Å². The Kier molecular flexibility index (Phi) is 5.95. The van der Waals surface area contributed by atoms with Crippen LogP contribution in [0.5, 0.6) is 0 Å². The van der Waals surface area contributed by atoms with Gasteiger partial charge in [0.05, 0.1) is 17.2 Å². The first-order valence-corrected chi connectivity index (χ1v) is 11.4. The highest BCUT2D eigenvalue weighted by molar-refractivity contribution is 8.45. The molecule has 3 aromatic carbocycles. The molecule has 1 amide bonds. The summed E-state index contributed by atoms with van der Waals surface area (Å²) >= 11 is 0. The van der Waals surface area contributed by atoms with Gasteiger partial charge in [-0.15, -0.1) is 0 Å². The van der Waals surface area contributed by atoms with Gasteiger partial charge in [-0.1, -0.05) is 61.9 Å². The summed E-state index contributed by atoms with van der Waals surface area (Å²) in [6.07, 6.45) is -1.07. The van der Waals surface area contributed by atoms with Gasteiger partial charge in [0.25, 0.3) is 5.69 Å². The lowest BCUT2D eigenvalue weighted by Crippen LogP contribution is -2.31. The fraction of sp³-hybridized carbons (Fsp3) is 0.0952. The summed E-state index contributed by atoms with van der Waals surface area (Å²) in [6, 6.07) is 14.1. The summed E-state index contributed by atoms with van der Waals surface area (Å²) in [5.74, 6) is 0. The second-order valence-corrected chi connectivity index (χ2v) is 9.65. The Morgan fingerprint density at radius 1 is 0.941 bits per heavy atom. The van der Waals surface area contributed by atoms with Gasteiger partial charge in [0.2, 0.25) is 0 Å². The minimum atomic E-state index is -9.97. The zero-order chi connectivity index (χ0) is 25.2. The van der Waals surface area contributed by atoms with Gasteiger partial charge in [0.15, 0.2) is 0 Å². The van der Waals surface area contributed by atoms with Crippen molar-refractivity contribution in [3.8, 4) is 0 Å². The molecule has 2 N–H and O–H groups in total. The lowest BCUT2D eigenvalue weighted by atomic mass is 10.2. The highest BCUT2D eigenvalue weighted by Gasteiger charge is 2.65. The van der Waals surface area contributed by atoms with Gasteiger partial charge in [0.1, 0.15) is 17.2 Å². The van der Waals surface area contributed by atoms with Crippen LogP contribution >= 0.6 is 10.2 Å². The Morgan fingerprint density at radius 2 is 1.59 bits per heavy atom. The van der Waals surface area contributed by atoms with Crippen molar-refractivity contribution in [1.29, 1.82) is 0 Å². The molecule has 182 valence electrons. The molecular formula is C21H18F5N3O4S. The minimum absolute atomic E-state index is 0.128. The van der Waals surface area contributed by atoms with E-state index in [1.165, 1.54) is 6.07 Å². The van der Waals surface area contributed by atoms with Gasteiger partial charge in [-0.3, -0.25) is 15.0 Å². The number of nitro groups is 1.